The summed E-state index contributed by atoms with van der Waals surface area (Å²) in [5.41, 5.74) is 4.93. The Kier molecular flexibility index (Phi) is 8.84. The van der Waals surface area contributed by atoms with E-state index in [1.54, 1.807) is 48.5 Å². The molecule has 0 fully saturated rings. The maximum absolute atomic E-state index is 12.7. The van der Waals surface area contributed by atoms with Gasteiger partial charge in [0.1, 0.15) is 0 Å². The van der Waals surface area contributed by atoms with Crippen molar-refractivity contribution in [2.24, 2.45) is 0 Å². The summed E-state index contributed by atoms with van der Waals surface area (Å²) in [5, 5.41) is 14.5. The van der Waals surface area contributed by atoms with Crippen molar-refractivity contribution in [1.29, 1.82) is 0 Å². The van der Waals surface area contributed by atoms with E-state index < -0.39 is 11.9 Å². The fourth-order valence-corrected chi connectivity index (χ4v) is 3.78. The van der Waals surface area contributed by atoms with Crippen molar-refractivity contribution >= 4 is 47.3 Å². The maximum Gasteiger partial charge on any atom is 0.337 e. The highest BCUT2D eigenvalue weighted by atomic mass is 16.5. The number of hydrogen-bond acceptors (Lipinski definition) is 5. The van der Waals surface area contributed by atoms with E-state index in [1.807, 2.05) is 36.4 Å². The summed E-state index contributed by atoms with van der Waals surface area (Å²) in [7, 11) is 1.29. The summed E-state index contributed by atoms with van der Waals surface area (Å²) < 4.78 is 4.65. The molecule has 4 rings (SSSR count). The van der Waals surface area contributed by atoms with Gasteiger partial charge >= 0.3 is 11.9 Å². The Morgan fingerprint density at radius 3 is 1.48 bits per heavy atom. The Morgan fingerprint density at radius 1 is 0.625 bits per heavy atom. The number of esters is 1. The molecule has 4 aromatic carbocycles. The van der Waals surface area contributed by atoms with Crippen molar-refractivity contribution in [3.8, 4) is 0 Å². The zero-order valence-electron chi connectivity index (χ0n) is 21.6. The maximum atomic E-state index is 12.7. The molecule has 0 spiro atoms. The summed E-state index contributed by atoms with van der Waals surface area (Å²) in [6.07, 6.45) is 3.85. The second kappa shape index (κ2) is 12.8. The minimum Gasteiger partial charge on any atom is -0.481 e. The lowest BCUT2D eigenvalue weighted by molar-refractivity contribution is -0.136. The van der Waals surface area contributed by atoms with Crippen molar-refractivity contribution in [3.63, 3.8) is 0 Å². The van der Waals surface area contributed by atoms with Crippen molar-refractivity contribution in [2.45, 2.75) is 6.42 Å². The molecular formula is C32H26N2O6. The topological polar surface area (TPSA) is 122 Å². The molecule has 0 aliphatic carbocycles. The molecule has 0 saturated carbocycles. The van der Waals surface area contributed by atoms with Crippen LogP contribution in [-0.4, -0.2) is 36.0 Å². The van der Waals surface area contributed by atoms with Gasteiger partial charge in [-0.05, 0) is 77.4 Å². The van der Waals surface area contributed by atoms with Crippen LogP contribution in [0, 0.1) is 0 Å². The van der Waals surface area contributed by atoms with Crippen LogP contribution in [0.15, 0.2) is 97.1 Å². The van der Waals surface area contributed by atoms with Gasteiger partial charge in [-0.15, -0.1) is 0 Å². The van der Waals surface area contributed by atoms with Crippen LogP contribution in [0.2, 0.25) is 0 Å². The molecule has 8 nitrogen and oxygen atoms in total. The molecule has 0 saturated heterocycles. The van der Waals surface area contributed by atoms with Crippen LogP contribution in [0.4, 0.5) is 11.4 Å². The molecule has 0 radical (unpaired) electrons. The zero-order valence-corrected chi connectivity index (χ0v) is 21.6. The molecule has 8 heteroatoms. The summed E-state index contributed by atoms with van der Waals surface area (Å²) in [6.45, 7) is 0. The number of ether oxygens (including phenoxy) is 1. The van der Waals surface area contributed by atoms with E-state index in [2.05, 4.69) is 15.4 Å². The number of anilines is 2. The molecular weight excluding hydrogens is 508 g/mol. The molecule has 0 aliphatic heterocycles. The van der Waals surface area contributed by atoms with Crippen LogP contribution in [-0.2, 0) is 16.0 Å². The predicted octanol–water partition coefficient (Wildman–Crippen LogP) is 5.78. The molecule has 4 aromatic rings. The van der Waals surface area contributed by atoms with Crippen molar-refractivity contribution < 1.29 is 29.0 Å². The van der Waals surface area contributed by atoms with Gasteiger partial charge in [0.25, 0.3) is 11.8 Å². The number of carboxylic acids is 1. The van der Waals surface area contributed by atoms with E-state index in [4.69, 9.17) is 5.11 Å². The fraction of sp³-hybridized carbons (Fsp3) is 0.0625. The Balaban J connectivity index is 1.30. The third-order valence-corrected chi connectivity index (χ3v) is 5.94. The first kappa shape index (κ1) is 27.5. The summed E-state index contributed by atoms with van der Waals surface area (Å²) in [5.74, 6) is -1.98. The SMILES string of the molecule is COC(=O)c1ccc(C(=O)Nc2ccc(C(=O)Nc3ccc(/C=C/c4ccc(CC(=O)O)cc4)cc3)cc2)cc1. The fourth-order valence-electron chi connectivity index (χ4n) is 3.78. The van der Waals surface area contributed by atoms with Crippen molar-refractivity contribution in [1.82, 2.24) is 0 Å². The number of aliphatic carboxylic acids is 1. The molecule has 0 aliphatic rings. The highest BCUT2D eigenvalue weighted by Crippen LogP contribution is 2.17. The minimum absolute atomic E-state index is 0.00630. The summed E-state index contributed by atoms with van der Waals surface area (Å²) in [4.78, 5) is 47.5. The summed E-state index contributed by atoms with van der Waals surface area (Å²) in [6, 6.07) is 27.3. The molecule has 2 amide bonds. The average Bonchev–Trinajstić information content (AvgIpc) is 2.97. The number of amides is 2. The molecule has 0 aromatic heterocycles. The number of benzene rings is 4. The standard InChI is InChI=1S/C32H26N2O6/c1-40-32(39)26-12-10-24(11-13-26)30(37)34-28-18-14-25(15-19-28)31(38)33-27-16-8-22(9-17-27)3-2-21-4-6-23(7-5-21)20-29(35)36/h2-19H,20H2,1H3,(H,33,38)(H,34,37)(H,35,36)/b3-2+. The van der Waals surface area contributed by atoms with Gasteiger partial charge in [-0.2, -0.15) is 0 Å². The van der Waals surface area contributed by atoms with Gasteiger partial charge in [-0.25, -0.2) is 4.79 Å². The van der Waals surface area contributed by atoms with Gasteiger partial charge in [-0.3, -0.25) is 14.4 Å². The molecule has 0 bridgehead atoms. The lowest BCUT2D eigenvalue weighted by Gasteiger charge is -2.08. The Bertz CT molecular complexity index is 1540. The second-order valence-electron chi connectivity index (χ2n) is 8.82. The van der Waals surface area contributed by atoms with Gasteiger partial charge in [0.15, 0.2) is 0 Å². The summed E-state index contributed by atoms with van der Waals surface area (Å²) >= 11 is 0. The van der Waals surface area contributed by atoms with Crippen LogP contribution in [0.1, 0.15) is 47.8 Å². The smallest absolute Gasteiger partial charge is 0.337 e. The van der Waals surface area contributed by atoms with Gasteiger partial charge in [0.05, 0.1) is 19.1 Å². The third kappa shape index (κ3) is 7.52. The molecule has 0 unspecified atom stereocenters. The number of nitrogens with one attached hydrogen (secondary N) is 2. The van der Waals surface area contributed by atoms with Crippen LogP contribution < -0.4 is 10.6 Å². The minimum atomic E-state index is -0.862. The second-order valence-corrected chi connectivity index (χ2v) is 8.82. The molecule has 0 heterocycles. The Labute approximate surface area is 230 Å². The first-order valence-corrected chi connectivity index (χ1v) is 12.3. The van der Waals surface area contributed by atoms with Crippen LogP contribution >= 0.6 is 0 Å². The zero-order chi connectivity index (χ0) is 28.5. The number of hydrogen-bond donors (Lipinski definition) is 3. The quantitative estimate of drug-likeness (QED) is 0.185. The molecule has 200 valence electrons. The van der Waals surface area contributed by atoms with Gasteiger partial charge in [0, 0.05) is 22.5 Å². The third-order valence-electron chi connectivity index (χ3n) is 5.94. The van der Waals surface area contributed by atoms with Gasteiger partial charge in [0.2, 0.25) is 0 Å². The highest BCUT2D eigenvalue weighted by molar-refractivity contribution is 6.06. The van der Waals surface area contributed by atoms with Crippen LogP contribution in [0.25, 0.3) is 12.2 Å². The lowest BCUT2D eigenvalue weighted by Crippen LogP contribution is -2.14. The number of carboxylic acid groups (broad SMARTS) is 1. The largest absolute Gasteiger partial charge is 0.481 e. The van der Waals surface area contributed by atoms with Crippen molar-refractivity contribution in [3.05, 3.63) is 130 Å². The average molecular weight is 535 g/mol. The van der Waals surface area contributed by atoms with Crippen molar-refractivity contribution in [2.75, 3.05) is 17.7 Å². The first-order chi connectivity index (χ1) is 19.3. The van der Waals surface area contributed by atoms with E-state index in [0.29, 0.717) is 28.1 Å². The van der Waals surface area contributed by atoms with E-state index in [1.165, 1.54) is 31.4 Å². The Morgan fingerprint density at radius 2 is 1.02 bits per heavy atom. The highest BCUT2D eigenvalue weighted by Gasteiger charge is 2.11. The van der Waals surface area contributed by atoms with Crippen LogP contribution in [0.3, 0.4) is 0 Å². The predicted molar refractivity (Wildman–Crippen MR) is 153 cm³/mol. The molecule has 40 heavy (non-hydrogen) atoms. The first-order valence-electron chi connectivity index (χ1n) is 12.3. The number of carbonyl (C=O) groups is 4. The van der Waals surface area contributed by atoms with Gasteiger partial charge in [-0.1, -0.05) is 48.6 Å². The van der Waals surface area contributed by atoms with Crippen LogP contribution in [0.5, 0.6) is 0 Å². The molecule has 0 atom stereocenters. The number of methoxy groups -OCH3 is 1. The number of rotatable bonds is 9. The normalized spacial score (nSPS) is 10.6. The monoisotopic (exact) mass is 534 g/mol. The van der Waals surface area contributed by atoms with Gasteiger partial charge < -0.3 is 20.5 Å². The lowest BCUT2D eigenvalue weighted by atomic mass is 10.1. The Hall–Kier alpha value is -5.50. The molecule has 3 N–H and O–H groups in total. The van der Waals surface area contributed by atoms with E-state index in [-0.39, 0.29) is 18.2 Å². The van der Waals surface area contributed by atoms with E-state index in [0.717, 1.165) is 16.7 Å². The van der Waals surface area contributed by atoms with E-state index in [9.17, 15) is 19.2 Å². The van der Waals surface area contributed by atoms with E-state index >= 15 is 0 Å². The number of carbonyl (C=O) groups excluding carboxylic acids is 3.